The molecule has 0 spiro atoms. The maximum atomic E-state index is 11.4. The molecule has 1 aliphatic rings. The van der Waals surface area contributed by atoms with Gasteiger partial charge in [-0.05, 0) is 20.8 Å². The molecule has 1 aliphatic heterocycles. The van der Waals surface area contributed by atoms with E-state index in [1.807, 2.05) is 6.92 Å². The van der Waals surface area contributed by atoms with Crippen LogP contribution >= 0.6 is 0 Å². The molecule has 0 aromatic rings. The fraction of sp³-hybridized carbons (Fsp3) is 0.636. The van der Waals surface area contributed by atoms with Crippen LogP contribution in [-0.4, -0.2) is 23.6 Å². The lowest BCUT2D eigenvalue weighted by Crippen LogP contribution is -2.32. The van der Waals surface area contributed by atoms with Crippen molar-refractivity contribution in [2.75, 3.05) is 0 Å². The summed E-state index contributed by atoms with van der Waals surface area (Å²) in [6.07, 6.45) is -0.816. The highest BCUT2D eigenvalue weighted by Gasteiger charge is 2.49. The molecule has 15 heavy (non-hydrogen) atoms. The molecule has 1 saturated heterocycles. The highest BCUT2D eigenvalue weighted by Crippen LogP contribution is 2.34. The number of ether oxygens (including phenoxy) is 2. The molecule has 0 radical (unpaired) electrons. The summed E-state index contributed by atoms with van der Waals surface area (Å²) in [6.45, 7) is 10.4. The first-order valence-corrected chi connectivity index (χ1v) is 4.85. The number of hydrogen-bond acceptors (Lipinski definition) is 4. The Kier molecular flexibility index (Phi) is 2.88. The summed E-state index contributed by atoms with van der Waals surface area (Å²) < 4.78 is 10.1. The number of carbonyl (C=O) groups is 2. The minimum absolute atomic E-state index is 0.159. The van der Waals surface area contributed by atoms with E-state index in [-0.39, 0.29) is 11.5 Å². The van der Waals surface area contributed by atoms with E-state index in [1.54, 1.807) is 20.8 Å². The van der Waals surface area contributed by atoms with Gasteiger partial charge in [-0.1, -0.05) is 13.5 Å². The number of hydrogen-bond donors (Lipinski definition) is 0. The smallest absolute Gasteiger partial charge is 0.348 e. The van der Waals surface area contributed by atoms with Gasteiger partial charge in [0.15, 0.2) is 0 Å². The standard InChI is InChI=1S/C11H16O4/c1-6(2)9(12)14-8-7(3)11(4,5)15-10(8)13/h7-8H,1H2,2-5H3. The summed E-state index contributed by atoms with van der Waals surface area (Å²) in [5.74, 6) is -1.20. The summed E-state index contributed by atoms with van der Waals surface area (Å²) >= 11 is 0. The van der Waals surface area contributed by atoms with E-state index in [0.29, 0.717) is 0 Å². The molecule has 0 aliphatic carbocycles. The Labute approximate surface area is 89.2 Å². The van der Waals surface area contributed by atoms with Gasteiger partial charge in [-0.25, -0.2) is 9.59 Å². The Hall–Kier alpha value is -1.32. The van der Waals surface area contributed by atoms with Crippen molar-refractivity contribution < 1.29 is 19.1 Å². The summed E-state index contributed by atoms with van der Waals surface area (Å²) in [7, 11) is 0. The summed E-state index contributed by atoms with van der Waals surface area (Å²) in [5, 5.41) is 0. The SMILES string of the molecule is C=C(C)C(=O)OC1C(=O)OC(C)(C)C1C. The fourth-order valence-electron chi connectivity index (χ4n) is 1.35. The van der Waals surface area contributed by atoms with Crippen LogP contribution in [0.4, 0.5) is 0 Å². The van der Waals surface area contributed by atoms with Gasteiger partial charge in [0.1, 0.15) is 5.60 Å². The molecule has 0 bridgehead atoms. The third-order valence-corrected chi connectivity index (χ3v) is 2.73. The molecule has 84 valence electrons. The molecule has 0 saturated carbocycles. The second-order valence-electron chi connectivity index (χ2n) is 4.42. The normalized spacial score (nSPS) is 28.4. The van der Waals surface area contributed by atoms with Crippen LogP contribution in [0.1, 0.15) is 27.7 Å². The molecule has 1 fully saturated rings. The maximum Gasteiger partial charge on any atom is 0.348 e. The topological polar surface area (TPSA) is 52.6 Å². The van der Waals surface area contributed by atoms with Crippen molar-refractivity contribution in [3.63, 3.8) is 0 Å². The van der Waals surface area contributed by atoms with Gasteiger partial charge in [0.25, 0.3) is 0 Å². The van der Waals surface area contributed by atoms with Gasteiger partial charge >= 0.3 is 11.9 Å². The van der Waals surface area contributed by atoms with Gasteiger partial charge in [-0.2, -0.15) is 0 Å². The Morgan fingerprint density at radius 3 is 2.40 bits per heavy atom. The van der Waals surface area contributed by atoms with Crippen LogP contribution in [0, 0.1) is 5.92 Å². The zero-order valence-corrected chi connectivity index (χ0v) is 9.49. The van der Waals surface area contributed by atoms with E-state index in [9.17, 15) is 9.59 Å². The van der Waals surface area contributed by atoms with E-state index in [2.05, 4.69) is 6.58 Å². The first-order chi connectivity index (χ1) is 6.75. The lowest BCUT2D eigenvalue weighted by Gasteiger charge is -2.22. The molecule has 4 nitrogen and oxygen atoms in total. The summed E-state index contributed by atoms with van der Waals surface area (Å²) in [5.41, 5.74) is -0.309. The number of rotatable bonds is 2. The molecule has 0 aromatic heterocycles. The van der Waals surface area contributed by atoms with Crippen LogP contribution < -0.4 is 0 Å². The molecular weight excluding hydrogens is 196 g/mol. The first-order valence-electron chi connectivity index (χ1n) is 4.85. The van der Waals surface area contributed by atoms with Crippen LogP contribution in [0.5, 0.6) is 0 Å². The monoisotopic (exact) mass is 212 g/mol. The third kappa shape index (κ3) is 2.19. The predicted octanol–water partition coefficient (Wildman–Crippen LogP) is 1.45. The van der Waals surface area contributed by atoms with Crippen molar-refractivity contribution in [1.82, 2.24) is 0 Å². The van der Waals surface area contributed by atoms with Crippen LogP contribution in [0.15, 0.2) is 12.2 Å². The molecule has 1 rings (SSSR count). The van der Waals surface area contributed by atoms with Gasteiger partial charge in [0.05, 0.1) is 0 Å². The van der Waals surface area contributed by atoms with Crippen molar-refractivity contribution in [2.45, 2.75) is 39.4 Å². The third-order valence-electron chi connectivity index (χ3n) is 2.73. The predicted molar refractivity (Wildman–Crippen MR) is 54.0 cm³/mol. The Morgan fingerprint density at radius 1 is 1.53 bits per heavy atom. The molecule has 2 atom stereocenters. The van der Waals surface area contributed by atoms with E-state index < -0.39 is 23.6 Å². The van der Waals surface area contributed by atoms with Crippen molar-refractivity contribution in [3.05, 3.63) is 12.2 Å². The number of cyclic esters (lactones) is 1. The highest BCUT2D eigenvalue weighted by molar-refractivity contribution is 5.90. The molecule has 2 unspecified atom stereocenters. The van der Waals surface area contributed by atoms with Crippen LogP contribution in [0.2, 0.25) is 0 Å². The lowest BCUT2D eigenvalue weighted by molar-refractivity contribution is -0.160. The van der Waals surface area contributed by atoms with Crippen molar-refractivity contribution >= 4 is 11.9 Å². The molecule has 0 amide bonds. The quantitative estimate of drug-likeness (QED) is 0.513. The Bertz CT molecular complexity index is 317. The second-order valence-corrected chi connectivity index (χ2v) is 4.42. The van der Waals surface area contributed by atoms with Gasteiger partial charge in [0, 0.05) is 11.5 Å². The van der Waals surface area contributed by atoms with Crippen molar-refractivity contribution in [1.29, 1.82) is 0 Å². The maximum absolute atomic E-state index is 11.4. The van der Waals surface area contributed by atoms with Gasteiger partial charge in [-0.3, -0.25) is 0 Å². The highest BCUT2D eigenvalue weighted by atomic mass is 16.6. The fourth-order valence-corrected chi connectivity index (χ4v) is 1.35. The van der Waals surface area contributed by atoms with Crippen molar-refractivity contribution in [2.24, 2.45) is 5.92 Å². The average Bonchev–Trinajstić information content (AvgIpc) is 2.27. The van der Waals surface area contributed by atoms with Gasteiger partial charge in [0.2, 0.25) is 6.10 Å². The Balaban J connectivity index is 2.76. The second kappa shape index (κ2) is 3.68. The zero-order valence-electron chi connectivity index (χ0n) is 9.49. The molecular formula is C11H16O4. The minimum Gasteiger partial charge on any atom is -0.456 e. The molecule has 0 N–H and O–H groups in total. The largest absolute Gasteiger partial charge is 0.456 e. The average molecular weight is 212 g/mol. The van der Waals surface area contributed by atoms with E-state index in [4.69, 9.17) is 9.47 Å². The minimum atomic E-state index is -0.816. The van der Waals surface area contributed by atoms with Crippen molar-refractivity contribution in [3.8, 4) is 0 Å². The van der Waals surface area contributed by atoms with Gasteiger partial charge in [-0.15, -0.1) is 0 Å². The van der Waals surface area contributed by atoms with E-state index in [0.717, 1.165) is 0 Å². The van der Waals surface area contributed by atoms with Crippen LogP contribution in [0.3, 0.4) is 0 Å². The summed E-state index contributed by atoms with van der Waals surface area (Å²) in [4.78, 5) is 22.7. The Morgan fingerprint density at radius 2 is 2.07 bits per heavy atom. The van der Waals surface area contributed by atoms with Crippen LogP contribution in [0.25, 0.3) is 0 Å². The van der Waals surface area contributed by atoms with Gasteiger partial charge < -0.3 is 9.47 Å². The van der Waals surface area contributed by atoms with E-state index >= 15 is 0 Å². The molecule has 0 aromatic carbocycles. The summed E-state index contributed by atoms with van der Waals surface area (Å²) in [6, 6.07) is 0. The zero-order chi connectivity index (χ0) is 11.8. The lowest BCUT2D eigenvalue weighted by atomic mass is 9.91. The first kappa shape index (κ1) is 11.8. The number of esters is 2. The van der Waals surface area contributed by atoms with Crippen LogP contribution in [-0.2, 0) is 19.1 Å². The molecule has 4 heteroatoms. The van der Waals surface area contributed by atoms with E-state index in [1.165, 1.54) is 0 Å². The number of carbonyl (C=O) groups excluding carboxylic acids is 2. The molecule has 1 heterocycles.